The number of esters is 1. The van der Waals surface area contributed by atoms with Crippen molar-refractivity contribution in [1.29, 1.82) is 0 Å². The van der Waals surface area contributed by atoms with Gasteiger partial charge in [-0.15, -0.1) is 0 Å². The fourth-order valence-corrected chi connectivity index (χ4v) is 1.36. The van der Waals surface area contributed by atoms with Gasteiger partial charge in [0.2, 0.25) is 0 Å². The molecule has 0 N–H and O–H groups in total. The van der Waals surface area contributed by atoms with Crippen molar-refractivity contribution in [2.45, 2.75) is 25.9 Å². The molecule has 92 valence electrons. The van der Waals surface area contributed by atoms with Crippen molar-refractivity contribution in [2.24, 2.45) is 0 Å². The zero-order valence-corrected chi connectivity index (χ0v) is 10.3. The van der Waals surface area contributed by atoms with E-state index in [2.05, 4.69) is 0 Å². The first-order chi connectivity index (χ1) is 8.26. The predicted molar refractivity (Wildman–Crippen MR) is 66.9 cm³/mol. The maximum Gasteiger partial charge on any atom is 0.315 e. The van der Waals surface area contributed by atoms with Crippen LogP contribution in [0.4, 0.5) is 0 Å². The number of carbonyl (C=O) groups is 1. The van der Waals surface area contributed by atoms with E-state index in [1.807, 2.05) is 31.2 Å². The van der Waals surface area contributed by atoms with E-state index in [4.69, 9.17) is 9.47 Å². The average Bonchev–Trinajstić information content (AvgIpc) is 2.36. The zero-order chi connectivity index (χ0) is 12.5. The van der Waals surface area contributed by atoms with E-state index in [-0.39, 0.29) is 18.5 Å². The smallest absolute Gasteiger partial charge is 0.315 e. The molecule has 17 heavy (non-hydrogen) atoms. The topological polar surface area (TPSA) is 35.5 Å². The number of hydrogen-bond donors (Lipinski definition) is 0. The molecule has 0 saturated carbocycles. The van der Waals surface area contributed by atoms with Gasteiger partial charge in [0.1, 0.15) is 5.75 Å². The Hall–Kier alpha value is -1.61. The average molecular weight is 234 g/mol. The van der Waals surface area contributed by atoms with Gasteiger partial charge >= 0.3 is 5.97 Å². The van der Waals surface area contributed by atoms with Crippen molar-refractivity contribution in [3.63, 3.8) is 0 Å². The van der Waals surface area contributed by atoms with Gasteiger partial charge < -0.3 is 9.47 Å². The Morgan fingerprint density at radius 2 is 2.06 bits per heavy atom. The molecule has 0 amide bonds. The highest BCUT2D eigenvalue weighted by Gasteiger charge is 2.02. The van der Waals surface area contributed by atoms with E-state index in [9.17, 15) is 4.79 Å². The highest BCUT2D eigenvalue weighted by Crippen LogP contribution is 2.09. The fourth-order valence-electron chi connectivity index (χ4n) is 1.36. The molecule has 3 nitrogen and oxygen atoms in total. The van der Waals surface area contributed by atoms with Crippen molar-refractivity contribution in [1.82, 2.24) is 0 Å². The molecule has 0 bridgehead atoms. The molecule has 1 aromatic rings. The molecular formula is C14H18O3. The number of ether oxygens (including phenoxy) is 2. The summed E-state index contributed by atoms with van der Waals surface area (Å²) in [5, 5.41) is 0. The van der Waals surface area contributed by atoms with Crippen LogP contribution in [0.25, 0.3) is 0 Å². The Labute approximate surface area is 102 Å². The van der Waals surface area contributed by atoms with Gasteiger partial charge in [-0.3, -0.25) is 4.79 Å². The Kier molecular flexibility index (Phi) is 6.04. The summed E-state index contributed by atoms with van der Waals surface area (Å²) in [5.41, 5.74) is 0. The van der Waals surface area contributed by atoms with E-state index >= 15 is 0 Å². The maximum atomic E-state index is 11.5. The molecule has 1 aromatic carbocycles. The van der Waals surface area contributed by atoms with Gasteiger partial charge in [0.15, 0.2) is 0 Å². The number of methoxy groups -OCH3 is 1. The van der Waals surface area contributed by atoms with Gasteiger partial charge in [-0.25, -0.2) is 0 Å². The van der Waals surface area contributed by atoms with E-state index in [1.54, 1.807) is 25.3 Å². The molecule has 0 aromatic heterocycles. The summed E-state index contributed by atoms with van der Waals surface area (Å²) in [6.07, 6.45) is 4.88. The number of hydrogen-bond acceptors (Lipinski definition) is 3. The maximum absolute atomic E-state index is 11.5. The number of para-hydroxylation sites is 1. The third kappa shape index (κ3) is 5.31. The van der Waals surface area contributed by atoms with E-state index in [0.29, 0.717) is 5.75 Å². The molecule has 0 heterocycles. The van der Waals surface area contributed by atoms with Crippen LogP contribution in [0.15, 0.2) is 42.5 Å². The minimum absolute atomic E-state index is 0.0690. The summed E-state index contributed by atoms with van der Waals surface area (Å²) in [6, 6.07) is 9.05. The molecule has 0 spiro atoms. The molecular weight excluding hydrogens is 216 g/mol. The molecule has 1 rings (SSSR count). The quantitative estimate of drug-likeness (QED) is 0.431. The molecule has 0 aliphatic heterocycles. The molecule has 3 heteroatoms. The zero-order valence-electron chi connectivity index (χ0n) is 10.3. The first-order valence-corrected chi connectivity index (χ1v) is 5.71. The summed E-state index contributed by atoms with van der Waals surface area (Å²) in [5.74, 6) is 0.308. The van der Waals surface area contributed by atoms with Gasteiger partial charge in [0, 0.05) is 7.11 Å². The lowest BCUT2D eigenvalue weighted by Crippen LogP contribution is -2.08. The van der Waals surface area contributed by atoms with E-state index in [0.717, 1.165) is 6.42 Å². The van der Waals surface area contributed by atoms with Gasteiger partial charge in [-0.1, -0.05) is 37.3 Å². The van der Waals surface area contributed by atoms with Crippen molar-refractivity contribution in [3.8, 4) is 5.75 Å². The summed E-state index contributed by atoms with van der Waals surface area (Å²) >= 11 is 0. The fraction of sp³-hybridized carbons (Fsp3) is 0.357. The van der Waals surface area contributed by atoms with E-state index < -0.39 is 0 Å². The lowest BCUT2D eigenvalue weighted by Gasteiger charge is -2.06. The van der Waals surface area contributed by atoms with Crippen LogP contribution < -0.4 is 4.74 Å². The van der Waals surface area contributed by atoms with Crippen molar-refractivity contribution < 1.29 is 14.3 Å². The van der Waals surface area contributed by atoms with Crippen LogP contribution in [0.2, 0.25) is 0 Å². The first-order valence-electron chi connectivity index (χ1n) is 5.71. The van der Waals surface area contributed by atoms with Gasteiger partial charge in [-0.05, 0) is 18.6 Å². The van der Waals surface area contributed by atoms with Gasteiger partial charge in [0.25, 0.3) is 0 Å². The second kappa shape index (κ2) is 7.63. The molecule has 0 radical (unpaired) electrons. The second-order valence-electron chi connectivity index (χ2n) is 3.60. The SMILES string of the molecule is CCC(C=CCC(=O)Oc1ccccc1)OC. The van der Waals surface area contributed by atoms with Crippen molar-refractivity contribution >= 4 is 5.97 Å². The van der Waals surface area contributed by atoms with Crippen LogP contribution in [-0.4, -0.2) is 19.2 Å². The van der Waals surface area contributed by atoms with Crippen LogP contribution in [0.1, 0.15) is 19.8 Å². The van der Waals surface area contributed by atoms with Crippen LogP contribution in [0.3, 0.4) is 0 Å². The first kappa shape index (κ1) is 13.5. The summed E-state index contributed by atoms with van der Waals surface area (Å²) < 4.78 is 10.3. The molecule has 0 aliphatic carbocycles. The summed E-state index contributed by atoms with van der Waals surface area (Å²) in [4.78, 5) is 11.5. The van der Waals surface area contributed by atoms with Crippen molar-refractivity contribution in [3.05, 3.63) is 42.5 Å². The lowest BCUT2D eigenvalue weighted by atomic mass is 10.2. The number of benzene rings is 1. The Bertz CT molecular complexity index is 353. The Morgan fingerprint density at radius 1 is 1.35 bits per heavy atom. The highest BCUT2D eigenvalue weighted by atomic mass is 16.5. The molecule has 0 fully saturated rings. The largest absolute Gasteiger partial charge is 0.426 e. The van der Waals surface area contributed by atoms with Crippen molar-refractivity contribution in [2.75, 3.05) is 7.11 Å². The minimum atomic E-state index is -0.265. The van der Waals surface area contributed by atoms with Crippen LogP contribution in [-0.2, 0) is 9.53 Å². The molecule has 0 aliphatic rings. The lowest BCUT2D eigenvalue weighted by molar-refractivity contribution is -0.133. The monoisotopic (exact) mass is 234 g/mol. The third-order valence-electron chi connectivity index (χ3n) is 2.32. The summed E-state index contributed by atoms with van der Waals surface area (Å²) in [6.45, 7) is 2.03. The molecule has 0 saturated heterocycles. The van der Waals surface area contributed by atoms with Crippen LogP contribution >= 0.6 is 0 Å². The minimum Gasteiger partial charge on any atom is -0.426 e. The van der Waals surface area contributed by atoms with Crippen LogP contribution in [0, 0.1) is 0 Å². The second-order valence-corrected chi connectivity index (χ2v) is 3.60. The normalized spacial score (nSPS) is 12.6. The van der Waals surface area contributed by atoms with E-state index in [1.165, 1.54) is 0 Å². The predicted octanol–water partition coefficient (Wildman–Crippen LogP) is 2.96. The number of rotatable bonds is 6. The molecule has 1 atom stereocenters. The third-order valence-corrected chi connectivity index (χ3v) is 2.32. The number of carbonyl (C=O) groups excluding carboxylic acids is 1. The highest BCUT2D eigenvalue weighted by molar-refractivity contribution is 5.73. The standard InChI is InChI=1S/C14H18O3/c1-3-12(16-2)10-7-11-14(15)17-13-8-5-4-6-9-13/h4-10,12H,3,11H2,1-2H3. The Balaban J connectivity index is 2.35. The van der Waals surface area contributed by atoms with Crippen LogP contribution in [0.5, 0.6) is 5.75 Å². The van der Waals surface area contributed by atoms with Gasteiger partial charge in [0.05, 0.1) is 12.5 Å². The Morgan fingerprint density at radius 3 is 2.65 bits per heavy atom. The summed E-state index contributed by atoms with van der Waals surface area (Å²) in [7, 11) is 1.65. The molecule has 1 unspecified atom stereocenters. The van der Waals surface area contributed by atoms with Gasteiger partial charge in [-0.2, -0.15) is 0 Å².